The molecule has 0 aromatic rings. The highest BCUT2D eigenvalue weighted by Gasteiger charge is 2.02. The molecule has 0 saturated carbocycles. The van der Waals surface area contributed by atoms with Gasteiger partial charge in [-0.2, -0.15) is 0 Å². The third-order valence-corrected chi connectivity index (χ3v) is 1.83. The van der Waals surface area contributed by atoms with E-state index < -0.39 is 8.18 Å². The highest BCUT2D eigenvalue weighted by Crippen LogP contribution is 2.19. The first kappa shape index (κ1) is 5.29. The topological polar surface area (TPSA) is 38.3 Å². The van der Waals surface area contributed by atoms with Crippen LogP contribution < -0.4 is 5.09 Å². The zero-order valence-electron chi connectivity index (χ0n) is 3.94. The monoisotopic (exact) mass is 121 g/mol. The lowest BCUT2D eigenvalue weighted by Gasteiger charge is -2.10. The first-order valence-electron chi connectivity index (χ1n) is 2.30. The van der Waals surface area contributed by atoms with Gasteiger partial charge in [0.1, 0.15) is 0 Å². The summed E-state index contributed by atoms with van der Waals surface area (Å²) in [6, 6.07) is 0. The standard InChI is InChI=1S/C3H8NO2P/c5-7-4-2-1-3-6-7/h7H,1-3H2,(H,4,5). The summed E-state index contributed by atoms with van der Waals surface area (Å²) in [5.74, 6) is 0. The molecular weight excluding hydrogens is 113 g/mol. The molecule has 0 amide bonds. The Kier molecular flexibility index (Phi) is 1.86. The van der Waals surface area contributed by atoms with E-state index in [-0.39, 0.29) is 0 Å². The summed E-state index contributed by atoms with van der Waals surface area (Å²) in [7, 11) is -1.79. The lowest BCUT2D eigenvalue weighted by atomic mass is 10.5. The van der Waals surface area contributed by atoms with Crippen molar-refractivity contribution in [1.29, 1.82) is 0 Å². The second kappa shape index (κ2) is 2.46. The van der Waals surface area contributed by atoms with Gasteiger partial charge in [0.2, 0.25) is 0 Å². The summed E-state index contributed by atoms with van der Waals surface area (Å²) in [6.07, 6.45) is 0.983. The number of hydrogen-bond donors (Lipinski definition) is 1. The fraction of sp³-hybridized carbons (Fsp3) is 1.00. The Hall–Kier alpha value is 0.150. The van der Waals surface area contributed by atoms with Crippen LogP contribution >= 0.6 is 8.18 Å². The van der Waals surface area contributed by atoms with Crippen LogP contribution in [0.25, 0.3) is 0 Å². The van der Waals surface area contributed by atoms with Gasteiger partial charge in [-0.15, -0.1) is 0 Å². The normalized spacial score (nSPS) is 32.9. The van der Waals surface area contributed by atoms with Crippen molar-refractivity contribution in [2.75, 3.05) is 13.2 Å². The Bertz CT molecular complexity index is 77.0. The first-order chi connectivity index (χ1) is 3.39. The average Bonchev–Trinajstić information content (AvgIpc) is 1.69. The summed E-state index contributed by atoms with van der Waals surface area (Å²) in [4.78, 5) is 0. The average molecular weight is 121 g/mol. The molecule has 1 atom stereocenters. The molecule has 0 aromatic heterocycles. The van der Waals surface area contributed by atoms with Crippen molar-refractivity contribution in [2.45, 2.75) is 6.42 Å². The van der Waals surface area contributed by atoms with Crippen molar-refractivity contribution in [1.82, 2.24) is 5.09 Å². The SMILES string of the molecule is O=[PH]1NCCCO1. The molecule has 0 aliphatic carbocycles. The predicted molar refractivity (Wildman–Crippen MR) is 27.6 cm³/mol. The molecule has 1 aliphatic heterocycles. The van der Waals surface area contributed by atoms with Gasteiger partial charge in [0.25, 0.3) is 8.18 Å². The van der Waals surface area contributed by atoms with Gasteiger partial charge < -0.3 is 4.52 Å². The van der Waals surface area contributed by atoms with Crippen LogP contribution in [0.4, 0.5) is 0 Å². The Morgan fingerprint density at radius 3 is 2.86 bits per heavy atom. The van der Waals surface area contributed by atoms with E-state index >= 15 is 0 Å². The van der Waals surface area contributed by atoms with Gasteiger partial charge in [-0.25, -0.2) is 5.09 Å². The van der Waals surface area contributed by atoms with E-state index in [0.717, 1.165) is 13.0 Å². The maximum atomic E-state index is 10.3. The Labute approximate surface area is 43.0 Å². The van der Waals surface area contributed by atoms with Crippen molar-refractivity contribution in [2.24, 2.45) is 0 Å². The van der Waals surface area contributed by atoms with Gasteiger partial charge in [-0.05, 0) is 6.42 Å². The van der Waals surface area contributed by atoms with Crippen LogP contribution in [0.1, 0.15) is 6.42 Å². The van der Waals surface area contributed by atoms with Gasteiger partial charge in [-0.1, -0.05) is 0 Å². The van der Waals surface area contributed by atoms with Crippen molar-refractivity contribution >= 4 is 8.18 Å². The Morgan fingerprint density at radius 2 is 2.57 bits per heavy atom. The Morgan fingerprint density at radius 1 is 1.71 bits per heavy atom. The van der Waals surface area contributed by atoms with E-state index in [9.17, 15) is 4.57 Å². The molecule has 0 bridgehead atoms. The lowest BCUT2D eigenvalue weighted by Crippen LogP contribution is -2.14. The van der Waals surface area contributed by atoms with Crippen LogP contribution in [0, 0.1) is 0 Å². The largest absolute Gasteiger partial charge is 0.320 e. The van der Waals surface area contributed by atoms with Crippen LogP contribution in [0.5, 0.6) is 0 Å². The van der Waals surface area contributed by atoms with E-state index in [0.29, 0.717) is 6.61 Å². The molecule has 1 N–H and O–H groups in total. The van der Waals surface area contributed by atoms with Crippen molar-refractivity contribution in [3.63, 3.8) is 0 Å². The molecule has 0 spiro atoms. The molecule has 1 aliphatic rings. The van der Waals surface area contributed by atoms with E-state index in [1.54, 1.807) is 0 Å². The van der Waals surface area contributed by atoms with Crippen LogP contribution in [-0.2, 0) is 9.09 Å². The predicted octanol–water partition coefficient (Wildman–Crippen LogP) is 0.386. The minimum absolute atomic E-state index is 0.658. The molecular formula is C3H8NO2P. The van der Waals surface area contributed by atoms with Gasteiger partial charge in [-0.3, -0.25) is 4.57 Å². The molecule has 3 nitrogen and oxygen atoms in total. The molecule has 1 heterocycles. The molecule has 7 heavy (non-hydrogen) atoms. The third kappa shape index (κ3) is 1.59. The van der Waals surface area contributed by atoms with Gasteiger partial charge in [0.05, 0.1) is 6.61 Å². The zero-order chi connectivity index (χ0) is 5.11. The quantitative estimate of drug-likeness (QED) is 0.471. The van der Waals surface area contributed by atoms with Crippen LogP contribution in [0.3, 0.4) is 0 Å². The van der Waals surface area contributed by atoms with Gasteiger partial charge in [0, 0.05) is 6.54 Å². The van der Waals surface area contributed by atoms with Crippen LogP contribution in [-0.4, -0.2) is 13.2 Å². The molecule has 1 rings (SSSR count). The van der Waals surface area contributed by atoms with E-state index in [2.05, 4.69) is 5.09 Å². The summed E-state index contributed by atoms with van der Waals surface area (Å²) < 4.78 is 15.0. The maximum absolute atomic E-state index is 10.3. The van der Waals surface area contributed by atoms with Crippen molar-refractivity contribution in [3.05, 3.63) is 0 Å². The minimum Gasteiger partial charge on any atom is -0.320 e. The molecule has 1 unspecified atom stereocenters. The van der Waals surface area contributed by atoms with Crippen molar-refractivity contribution < 1.29 is 9.09 Å². The highest BCUT2D eigenvalue weighted by atomic mass is 31.1. The lowest BCUT2D eigenvalue weighted by molar-refractivity contribution is 0.295. The fourth-order valence-corrected chi connectivity index (χ4v) is 1.29. The maximum Gasteiger partial charge on any atom is 0.258 e. The summed E-state index contributed by atoms with van der Waals surface area (Å²) in [5, 5.41) is 2.71. The second-order valence-electron chi connectivity index (χ2n) is 1.42. The van der Waals surface area contributed by atoms with Gasteiger partial charge >= 0.3 is 0 Å². The van der Waals surface area contributed by atoms with E-state index in [1.165, 1.54) is 0 Å². The Balaban J connectivity index is 2.25. The van der Waals surface area contributed by atoms with Crippen LogP contribution in [0.15, 0.2) is 0 Å². The third-order valence-electron chi connectivity index (χ3n) is 0.824. The van der Waals surface area contributed by atoms with E-state index in [1.807, 2.05) is 0 Å². The molecule has 4 heteroatoms. The highest BCUT2D eigenvalue weighted by molar-refractivity contribution is 7.36. The zero-order valence-corrected chi connectivity index (χ0v) is 4.94. The molecule has 42 valence electrons. The first-order valence-corrected chi connectivity index (χ1v) is 3.62. The molecule has 1 saturated heterocycles. The molecule has 0 aromatic carbocycles. The van der Waals surface area contributed by atoms with Crippen LogP contribution in [0.2, 0.25) is 0 Å². The number of hydrogen-bond acceptors (Lipinski definition) is 2. The van der Waals surface area contributed by atoms with Gasteiger partial charge in [0.15, 0.2) is 0 Å². The summed E-state index contributed by atoms with van der Waals surface area (Å²) >= 11 is 0. The smallest absolute Gasteiger partial charge is 0.258 e. The fourth-order valence-electron chi connectivity index (χ4n) is 0.479. The van der Waals surface area contributed by atoms with Crippen molar-refractivity contribution in [3.8, 4) is 0 Å². The van der Waals surface area contributed by atoms with E-state index in [4.69, 9.17) is 4.52 Å². The summed E-state index contributed by atoms with van der Waals surface area (Å²) in [6.45, 7) is 1.50. The minimum atomic E-state index is -1.79. The number of rotatable bonds is 0. The molecule has 1 fully saturated rings. The number of nitrogens with one attached hydrogen (secondary N) is 1. The molecule has 0 radical (unpaired) electrons. The summed E-state index contributed by atoms with van der Waals surface area (Å²) in [5.41, 5.74) is 0. The second-order valence-corrected chi connectivity index (χ2v) is 2.63.